The lowest BCUT2D eigenvalue weighted by molar-refractivity contribution is 0.141. The number of hydrogen-bond donors (Lipinski definition) is 1. The molecular formula is C24H28N4O3. The average molecular weight is 421 g/mol. The Morgan fingerprint density at radius 2 is 1.77 bits per heavy atom. The van der Waals surface area contributed by atoms with Crippen molar-refractivity contribution in [3.05, 3.63) is 65.5 Å². The number of amides is 2. The van der Waals surface area contributed by atoms with Crippen LogP contribution in [0.25, 0.3) is 11.5 Å². The summed E-state index contributed by atoms with van der Waals surface area (Å²) in [6, 6.07) is 15.4. The van der Waals surface area contributed by atoms with Gasteiger partial charge in [0.25, 0.3) is 0 Å². The van der Waals surface area contributed by atoms with Crippen LogP contribution < -0.4 is 10.1 Å². The second-order valence-corrected chi connectivity index (χ2v) is 7.76. The van der Waals surface area contributed by atoms with E-state index in [2.05, 4.69) is 23.2 Å². The minimum absolute atomic E-state index is 0.0794. The monoisotopic (exact) mass is 420 g/mol. The number of aryl methyl sites for hydroxylation is 2. The Bertz CT molecular complexity index is 1040. The molecule has 3 aromatic rings. The van der Waals surface area contributed by atoms with Gasteiger partial charge in [0.05, 0.1) is 12.8 Å². The molecule has 31 heavy (non-hydrogen) atoms. The van der Waals surface area contributed by atoms with E-state index in [4.69, 9.17) is 14.1 Å². The highest BCUT2D eigenvalue weighted by molar-refractivity contribution is 5.89. The molecule has 0 bridgehead atoms. The summed E-state index contributed by atoms with van der Waals surface area (Å²) in [6.45, 7) is 7.67. The second-order valence-electron chi connectivity index (χ2n) is 7.76. The Labute approximate surface area is 182 Å². The number of nitrogens with one attached hydrogen (secondary N) is 1. The topological polar surface area (TPSA) is 70.8 Å². The van der Waals surface area contributed by atoms with Crippen molar-refractivity contribution in [2.45, 2.75) is 20.4 Å². The van der Waals surface area contributed by atoms with E-state index in [1.54, 1.807) is 7.11 Å². The first-order valence-electron chi connectivity index (χ1n) is 10.5. The SMILES string of the molecule is COc1ccc(NC(=O)N2CCN(Cc3nc(-c4ccccc4C)oc3C)CC2)cc1. The van der Waals surface area contributed by atoms with Crippen LogP contribution in [0.1, 0.15) is 17.0 Å². The maximum Gasteiger partial charge on any atom is 0.321 e. The summed E-state index contributed by atoms with van der Waals surface area (Å²) < 4.78 is 11.1. The van der Waals surface area contributed by atoms with Gasteiger partial charge >= 0.3 is 6.03 Å². The van der Waals surface area contributed by atoms with Crippen molar-refractivity contribution >= 4 is 11.7 Å². The number of aromatic nitrogens is 1. The fourth-order valence-corrected chi connectivity index (χ4v) is 3.70. The fourth-order valence-electron chi connectivity index (χ4n) is 3.70. The van der Waals surface area contributed by atoms with Crippen molar-refractivity contribution in [1.29, 1.82) is 0 Å². The predicted octanol–water partition coefficient (Wildman–Crippen LogP) is 4.32. The van der Waals surface area contributed by atoms with Gasteiger partial charge in [-0.2, -0.15) is 0 Å². The molecule has 162 valence electrons. The molecule has 7 nitrogen and oxygen atoms in total. The third kappa shape index (κ3) is 4.88. The summed E-state index contributed by atoms with van der Waals surface area (Å²) in [7, 11) is 1.62. The van der Waals surface area contributed by atoms with Crippen molar-refractivity contribution in [3.8, 4) is 17.2 Å². The number of rotatable bonds is 5. The lowest BCUT2D eigenvalue weighted by Gasteiger charge is -2.34. The highest BCUT2D eigenvalue weighted by Gasteiger charge is 2.23. The minimum atomic E-state index is -0.0794. The van der Waals surface area contributed by atoms with Gasteiger partial charge in [-0.05, 0) is 49.7 Å². The Morgan fingerprint density at radius 1 is 1.06 bits per heavy atom. The van der Waals surface area contributed by atoms with Crippen LogP contribution in [0.5, 0.6) is 5.75 Å². The number of nitrogens with zero attached hydrogens (tertiary/aromatic N) is 3. The van der Waals surface area contributed by atoms with Crippen LogP contribution in [-0.2, 0) is 6.54 Å². The largest absolute Gasteiger partial charge is 0.497 e. The van der Waals surface area contributed by atoms with Gasteiger partial charge < -0.3 is 19.4 Å². The first-order chi connectivity index (χ1) is 15.0. The van der Waals surface area contributed by atoms with Crippen molar-refractivity contribution < 1.29 is 13.9 Å². The van der Waals surface area contributed by atoms with Crippen LogP contribution in [0.2, 0.25) is 0 Å². The number of anilines is 1. The lowest BCUT2D eigenvalue weighted by atomic mass is 10.1. The van der Waals surface area contributed by atoms with E-state index in [0.717, 1.165) is 53.7 Å². The van der Waals surface area contributed by atoms with Crippen LogP contribution in [0.3, 0.4) is 0 Å². The summed E-state index contributed by atoms with van der Waals surface area (Å²) in [5, 5.41) is 2.95. The number of ether oxygens (including phenoxy) is 1. The van der Waals surface area contributed by atoms with Crippen molar-refractivity contribution in [2.75, 3.05) is 38.6 Å². The average Bonchev–Trinajstić information content (AvgIpc) is 3.15. The van der Waals surface area contributed by atoms with Gasteiger partial charge in [0.1, 0.15) is 11.5 Å². The Kier molecular flexibility index (Phi) is 6.23. The molecule has 0 radical (unpaired) electrons. The molecule has 0 atom stereocenters. The zero-order valence-electron chi connectivity index (χ0n) is 18.2. The molecule has 1 aromatic heterocycles. The van der Waals surface area contributed by atoms with Crippen LogP contribution >= 0.6 is 0 Å². The molecule has 1 N–H and O–H groups in total. The van der Waals surface area contributed by atoms with E-state index >= 15 is 0 Å². The summed E-state index contributed by atoms with van der Waals surface area (Å²) in [5.74, 6) is 2.28. The molecule has 0 saturated carbocycles. The van der Waals surface area contributed by atoms with Gasteiger partial charge in [-0.15, -0.1) is 0 Å². The van der Waals surface area contributed by atoms with Crippen LogP contribution in [0, 0.1) is 13.8 Å². The molecule has 2 amide bonds. The number of urea groups is 1. The Balaban J connectivity index is 1.32. The van der Waals surface area contributed by atoms with E-state index in [-0.39, 0.29) is 6.03 Å². The third-order valence-corrected chi connectivity index (χ3v) is 5.64. The van der Waals surface area contributed by atoms with E-state index in [1.807, 2.05) is 54.3 Å². The number of carbonyl (C=O) groups excluding carboxylic acids is 1. The zero-order chi connectivity index (χ0) is 21.8. The fraction of sp³-hybridized carbons (Fsp3) is 0.333. The van der Waals surface area contributed by atoms with Gasteiger partial charge in [-0.1, -0.05) is 18.2 Å². The van der Waals surface area contributed by atoms with Crippen molar-refractivity contribution in [3.63, 3.8) is 0 Å². The first kappa shape index (κ1) is 20.9. The standard InChI is InChI=1S/C24H28N4O3/c1-17-6-4-5-7-21(17)23-26-22(18(2)31-23)16-27-12-14-28(15-13-27)24(29)25-19-8-10-20(30-3)11-9-19/h4-11H,12-16H2,1-3H3,(H,25,29). The molecule has 4 rings (SSSR count). The third-order valence-electron chi connectivity index (χ3n) is 5.64. The number of benzene rings is 2. The van der Waals surface area contributed by atoms with Crippen LogP contribution in [-0.4, -0.2) is 54.1 Å². The number of oxazole rings is 1. The maximum absolute atomic E-state index is 12.6. The minimum Gasteiger partial charge on any atom is -0.497 e. The highest BCUT2D eigenvalue weighted by atomic mass is 16.5. The zero-order valence-corrected chi connectivity index (χ0v) is 18.2. The molecule has 7 heteroatoms. The number of hydrogen-bond acceptors (Lipinski definition) is 5. The molecular weight excluding hydrogens is 392 g/mol. The molecule has 2 heterocycles. The van der Waals surface area contributed by atoms with E-state index in [0.29, 0.717) is 19.0 Å². The summed E-state index contributed by atoms with van der Waals surface area (Å²) in [4.78, 5) is 21.5. The van der Waals surface area contributed by atoms with Crippen molar-refractivity contribution in [1.82, 2.24) is 14.8 Å². The molecule has 1 aliphatic rings. The Morgan fingerprint density at radius 3 is 2.45 bits per heavy atom. The number of methoxy groups -OCH3 is 1. The van der Waals surface area contributed by atoms with Gasteiger partial charge in [-0.25, -0.2) is 9.78 Å². The number of piperazine rings is 1. The van der Waals surface area contributed by atoms with E-state index in [1.165, 1.54) is 0 Å². The molecule has 0 unspecified atom stereocenters. The quantitative estimate of drug-likeness (QED) is 0.666. The van der Waals surface area contributed by atoms with Crippen LogP contribution in [0.4, 0.5) is 10.5 Å². The normalized spacial score (nSPS) is 14.5. The Hall–Kier alpha value is -3.32. The van der Waals surface area contributed by atoms with Gasteiger partial charge in [0.15, 0.2) is 0 Å². The summed E-state index contributed by atoms with van der Waals surface area (Å²) >= 11 is 0. The number of carbonyl (C=O) groups is 1. The van der Waals surface area contributed by atoms with E-state index in [9.17, 15) is 4.79 Å². The maximum atomic E-state index is 12.6. The molecule has 0 spiro atoms. The first-order valence-corrected chi connectivity index (χ1v) is 10.5. The van der Waals surface area contributed by atoms with E-state index < -0.39 is 0 Å². The second kappa shape index (κ2) is 9.22. The predicted molar refractivity (Wildman–Crippen MR) is 120 cm³/mol. The molecule has 0 aliphatic carbocycles. The molecule has 2 aromatic carbocycles. The van der Waals surface area contributed by atoms with Gasteiger partial charge in [0, 0.05) is 44.0 Å². The molecule has 1 saturated heterocycles. The van der Waals surface area contributed by atoms with Crippen LogP contribution in [0.15, 0.2) is 52.9 Å². The molecule has 1 aliphatic heterocycles. The lowest BCUT2D eigenvalue weighted by Crippen LogP contribution is -2.49. The van der Waals surface area contributed by atoms with Gasteiger partial charge in [-0.3, -0.25) is 4.90 Å². The summed E-state index contributed by atoms with van der Waals surface area (Å²) in [5.41, 5.74) is 3.88. The smallest absolute Gasteiger partial charge is 0.321 e. The summed E-state index contributed by atoms with van der Waals surface area (Å²) in [6.07, 6.45) is 0. The molecule has 1 fully saturated rings. The van der Waals surface area contributed by atoms with Gasteiger partial charge in [0.2, 0.25) is 5.89 Å². The highest BCUT2D eigenvalue weighted by Crippen LogP contribution is 2.25. The van der Waals surface area contributed by atoms with Crippen molar-refractivity contribution in [2.24, 2.45) is 0 Å².